The maximum Gasteiger partial charge on any atom is 0.419 e. The number of nitrogens with zero attached hydrogens (tertiary/aromatic N) is 3. The van der Waals surface area contributed by atoms with Crippen LogP contribution in [0.15, 0.2) is 50.5 Å². The fraction of sp³-hybridized carbons (Fsp3) is 0.333. The van der Waals surface area contributed by atoms with Crippen molar-refractivity contribution in [3.05, 3.63) is 57.5 Å². The third-order valence-corrected chi connectivity index (χ3v) is 7.64. The highest BCUT2D eigenvalue weighted by atomic mass is 35.5. The molecular formula is C21H22ClN3O6S. The number of piperazine rings is 1. The highest BCUT2D eigenvalue weighted by Crippen LogP contribution is 2.26. The lowest BCUT2D eigenvalue weighted by Crippen LogP contribution is -2.50. The normalized spacial score (nSPS) is 15.3. The van der Waals surface area contributed by atoms with E-state index in [1.165, 1.54) is 28.1 Å². The number of benzene rings is 2. The Morgan fingerprint density at radius 2 is 1.84 bits per heavy atom. The van der Waals surface area contributed by atoms with Crippen LogP contribution < -0.4 is 10.5 Å². The summed E-state index contributed by atoms with van der Waals surface area (Å²) in [5, 5.41) is 0.455. The highest BCUT2D eigenvalue weighted by Gasteiger charge is 2.31. The predicted molar refractivity (Wildman–Crippen MR) is 119 cm³/mol. The molecule has 11 heteroatoms. The first-order chi connectivity index (χ1) is 15.3. The summed E-state index contributed by atoms with van der Waals surface area (Å²) in [5.74, 6) is -0.409. The van der Waals surface area contributed by atoms with Gasteiger partial charge in [0.2, 0.25) is 10.0 Å². The number of hydrogen-bond donors (Lipinski definition) is 0. The van der Waals surface area contributed by atoms with E-state index < -0.39 is 15.8 Å². The summed E-state index contributed by atoms with van der Waals surface area (Å²) in [7, 11) is -2.36. The quantitative estimate of drug-likeness (QED) is 0.557. The Bertz CT molecular complexity index is 1340. The first-order valence-electron chi connectivity index (χ1n) is 10.0. The summed E-state index contributed by atoms with van der Waals surface area (Å²) in [6, 6.07) is 9.18. The average molecular weight is 480 g/mol. The maximum absolute atomic E-state index is 13.1. The van der Waals surface area contributed by atoms with Gasteiger partial charge in [0.1, 0.15) is 5.75 Å². The molecule has 170 valence electrons. The zero-order chi connectivity index (χ0) is 23.0. The van der Waals surface area contributed by atoms with E-state index in [0.29, 0.717) is 28.4 Å². The van der Waals surface area contributed by atoms with Gasteiger partial charge in [-0.3, -0.25) is 9.36 Å². The number of oxazole rings is 1. The summed E-state index contributed by atoms with van der Waals surface area (Å²) < 4.78 is 39.5. The standard InChI is InChI=1S/C21H22ClN3O6S/c1-3-25-17-7-5-15(13-19(17)31-21(25)27)32(28,29)24-10-8-23(9-11-24)20(26)16-6-4-14(22)12-18(16)30-2/h4-7,12-13H,3,8-11H2,1-2H3. The monoisotopic (exact) mass is 479 g/mol. The number of amides is 1. The number of carbonyl (C=O) groups is 1. The van der Waals surface area contributed by atoms with Crippen LogP contribution in [-0.2, 0) is 16.6 Å². The van der Waals surface area contributed by atoms with Crippen LogP contribution in [0.5, 0.6) is 5.75 Å². The molecule has 0 spiro atoms. The molecule has 0 radical (unpaired) electrons. The molecule has 0 N–H and O–H groups in total. The van der Waals surface area contributed by atoms with Crippen molar-refractivity contribution in [3.63, 3.8) is 0 Å². The van der Waals surface area contributed by atoms with Gasteiger partial charge in [0.25, 0.3) is 5.91 Å². The lowest BCUT2D eigenvalue weighted by molar-refractivity contribution is 0.0694. The molecule has 4 rings (SSSR count). The van der Waals surface area contributed by atoms with E-state index in [2.05, 4.69) is 0 Å². The lowest BCUT2D eigenvalue weighted by atomic mass is 10.1. The third-order valence-electron chi connectivity index (χ3n) is 5.51. The number of carbonyl (C=O) groups excluding carboxylic acids is 1. The third kappa shape index (κ3) is 3.89. The highest BCUT2D eigenvalue weighted by molar-refractivity contribution is 7.89. The smallest absolute Gasteiger partial charge is 0.419 e. The maximum atomic E-state index is 13.1. The minimum Gasteiger partial charge on any atom is -0.496 e. The number of sulfonamides is 1. The number of methoxy groups -OCH3 is 1. The largest absolute Gasteiger partial charge is 0.496 e. The van der Waals surface area contributed by atoms with Gasteiger partial charge < -0.3 is 14.1 Å². The first kappa shape index (κ1) is 22.4. The number of rotatable bonds is 5. The number of aromatic nitrogens is 1. The van der Waals surface area contributed by atoms with Gasteiger partial charge in [-0.15, -0.1) is 0 Å². The van der Waals surface area contributed by atoms with Gasteiger partial charge in [0, 0.05) is 43.8 Å². The van der Waals surface area contributed by atoms with Crippen molar-refractivity contribution >= 4 is 38.6 Å². The van der Waals surface area contributed by atoms with Crippen LogP contribution in [0.2, 0.25) is 5.02 Å². The second-order valence-corrected chi connectivity index (χ2v) is 9.66. The number of ether oxygens (including phenoxy) is 1. The van der Waals surface area contributed by atoms with Gasteiger partial charge >= 0.3 is 5.76 Å². The van der Waals surface area contributed by atoms with Crippen molar-refractivity contribution < 1.29 is 22.4 Å². The molecule has 3 aromatic rings. The summed E-state index contributed by atoms with van der Waals surface area (Å²) in [4.78, 5) is 26.4. The molecule has 0 unspecified atom stereocenters. The van der Waals surface area contributed by atoms with Gasteiger partial charge in [0.05, 0.1) is 23.1 Å². The first-order valence-corrected chi connectivity index (χ1v) is 11.8. The molecule has 0 saturated carbocycles. The Labute approximate surface area is 189 Å². The molecule has 32 heavy (non-hydrogen) atoms. The molecule has 9 nitrogen and oxygen atoms in total. The van der Waals surface area contributed by atoms with Crippen molar-refractivity contribution in [2.24, 2.45) is 0 Å². The second kappa shape index (κ2) is 8.61. The molecule has 0 aliphatic carbocycles. The number of aryl methyl sites for hydroxylation is 1. The van der Waals surface area contributed by atoms with Gasteiger partial charge in [0.15, 0.2) is 5.58 Å². The SMILES string of the molecule is CCn1c(=O)oc2cc(S(=O)(=O)N3CCN(C(=O)c4ccc(Cl)cc4OC)CC3)ccc21. The number of halogens is 1. The van der Waals surface area contributed by atoms with Crippen LogP contribution in [0.3, 0.4) is 0 Å². The molecule has 1 aromatic heterocycles. The molecule has 2 heterocycles. The minimum absolute atomic E-state index is 0.0427. The van der Waals surface area contributed by atoms with Gasteiger partial charge in [-0.2, -0.15) is 4.31 Å². The number of hydrogen-bond acceptors (Lipinski definition) is 6. The van der Waals surface area contributed by atoms with E-state index in [0.717, 1.165) is 0 Å². The molecular weight excluding hydrogens is 458 g/mol. The van der Waals surface area contributed by atoms with Crippen molar-refractivity contribution in [1.29, 1.82) is 0 Å². The van der Waals surface area contributed by atoms with E-state index in [4.69, 9.17) is 20.8 Å². The van der Waals surface area contributed by atoms with Crippen LogP contribution in [-0.4, -0.2) is 61.4 Å². The Kier molecular flexibility index (Phi) is 6.02. The Hall–Kier alpha value is -2.82. The van der Waals surface area contributed by atoms with Crippen molar-refractivity contribution in [1.82, 2.24) is 13.8 Å². The topological polar surface area (TPSA) is 102 Å². The summed E-state index contributed by atoms with van der Waals surface area (Å²) in [6.45, 7) is 2.97. The van der Waals surface area contributed by atoms with Crippen molar-refractivity contribution in [3.8, 4) is 5.75 Å². The average Bonchev–Trinajstić information content (AvgIpc) is 3.12. The zero-order valence-electron chi connectivity index (χ0n) is 17.6. The van der Waals surface area contributed by atoms with Crippen LogP contribution >= 0.6 is 11.6 Å². The van der Waals surface area contributed by atoms with Crippen LogP contribution in [0, 0.1) is 0 Å². The summed E-state index contributed by atoms with van der Waals surface area (Å²) in [5.41, 5.74) is 1.14. The fourth-order valence-electron chi connectivity index (χ4n) is 3.80. The Morgan fingerprint density at radius 3 is 2.50 bits per heavy atom. The second-order valence-electron chi connectivity index (χ2n) is 7.28. The van der Waals surface area contributed by atoms with E-state index in [1.54, 1.807) is 36.1 Å². The molecule has 0 bridgehead atoms. The molecule has 1 aliphatic rings. The van der Waals surface area contributed by atoms with E-state index >= 15 is 0 Å². The predicted octanol–water partition coefficient (Wildman–Crippen LogP) is 2.42. The molecule has 1 aliphatic heterocycles. The van der Waals surface area contributed by atoms with Crippen LogP contribution in [0.25, 0.3) is 11.1 Å². The number of fused-ring (bicyclic) bond motifs is 1. The van der Waals surface area contributed by atoms with E-state index in [9.17, 15) is 18.0 Å². The zero-order valence-corrected chi connectivity index (χ0v) is 19.1. The molecule has 1 amide bonds. The van der Waals surface area contributed by atoms with Gasteiger partial charge in [-0.05, 0) is 37.3 Å². The van der Waals surface area contributed by atoms with Gasteiger partial charge in [-0.1, -0.05) is 11.6 Å². The van der Waals surface area contributed by atoms with Crippen LogP contribution in [0.1, 0.15) is 17.3 Å². The summed E-state index contributed by atoms with van der Waals surface area (Å²) >= 11 is 5.96. The summed E-state index contributed by atoms with van der Waals surface area (Å²) in [6.07, 6.45) is 0. The molecule has 1 saturated heterocycles. The Balaban J connectivity index is 1.52. The van der Waals surface area contributed by atoms with Crippen LogP contribution in [0.4, 0.5) is 0 Å². The van der Waals surface area contributed by atoms with E-state index in [-0.39, 0.29) is 42.6 Å². The lowest BCUT2D eigenvalue weighted by Gasteiger charge is -2.34. The van der Waals surface area contributed by atoms with Gasteiger partial charge in [-0.25, -0.2) is 13.2 Å². The minimum atomic E-state index is -3.81. The fourth-order valence-corrected chi connectivity index (χ4v) is 5.40. The van der Waals surface area contributed by atoms with Crippen molar-refractivity contribution in [2.75, 3.05) is 33.3 Å². The van der Waals surface area contributed by atoms with Crippen molar-refractivity contribution in [2.45, 2.75) is 18.4 Å². The molecule has 0 atom stereocenters. The molecule has 2 aromatic carbocycles. The molecule has 1 fully saturated rings. The van der Waals surface area contributed by atoms with E-state index in [1.807, 2.05) is 0 Å². The Morgan fingerprint density at radius 1 is 1.12 bits per heavy atom.